The van der Waals surface area contributed by atoms with E-state index in [2.05, 4.69) is 22.8 Å². The minimum absolute atomic E-state index is 0.272. The zero-order chi connectivity index (χ0) is 26.9. The topological polar surface area (TPSA) is 119 Å². The number of carbonyl (C=O) groups excluding carboxylic acids is 2. The molecule has 0 aliphatic heterocycles. The number of benzene rings is 3. The zero-order valence-electron chi connectivity index (χ0n) is 21.2. The summed E-state index contributed by atoms with van der Waals surface area (Å²) < 4.78 is 0. The fourth-order valence-corrected chi connectivity index (χ4v) is 4.68. The number of hydrogen-bond acceptors (Lipinski definition) is 4. The molecule has 0 heterocycles. The summed E-state index contributed by atoms with van der Waals surface area (Å²) in [5, 5.41) is 23.5. The van der Waals surface area contributed by atoms with Crippen LogP contribution >= 0.6 is 0 Å². The van der Waals surface area contributed by atoms with Crippen molar-refractivity contribution in [1.29, 1.82) is 0 Å². The number of anilines is 2. The Hall–Kier alpha value is -4.17. The molecule has 1 fully saturated rings. The monoisotopic (exact) mass is 515 g/mol. The van der Waals surface area contributed by atoms with E-state index in [1.165, 1.54) is 37.7 Å². The number of urea groups is 1. The van der Waals surface area contributed by atoms with Crippen LogP contribution < -0.4 is 15.5 Å². The van der Waals surface area contributed by atoms with Crippen LogP contribution in [-0.4, -0.2) is 40.8 Å². The second-order valence-electron chi connectivity index (χ2n) is 9.57. The Bertz CT molecular complexity index is 1220. The number of aliphatic carboxylic acids is 1. The number of carboxylic acids is 1. The molecular formula is C30H33N3O5. The molecule has 0 bridgehead atoms. The molecule has 1 atom stereocenters. The number of aliphatic hydroxyl groups excluding tert-OH is 1. The first-order chi connectivity index (χ1) is 18.4. The van der Waals surface area contributed by atoms with Gasteiger partial charge in [0, 0.05) is 16.9 Å². The molecular weight excluding hydrogens is 482 g/mol. The standard InChI is InChI=1S/C30H33N3O5/c34-27(29(36)37)19-31-28(35)24-13-11-21(12-14-24)20-33(30(38)32-25-9-5-2-6-10-25)26-17-15-23(16-18-26)22-7-3-1-4-8-22/h2,5-6,9-18,22,27,34H,1,3-4,7-8,19-20H2,(H,31,35)(H,32,38)(H,36,37). The molecule has 1 aliphatic carbocycles. The quantitative estimate of drug-likeness (QED) is 0.314. The zero-order valence-corrected chi connectivity index (χ0v) is 21.2. The average molecular weight is 516 g/mol. The van der Waals surface area contributed by atoms with Crippen LogP contribution in [0.15, 0.2) is 78.9 Å². The highest BCUT2D eigenvalue weighted by Gasteiger charge is 2.20. The van der Waals surface area contributed by atoms with Crippen LogP contribution in [0.4, 0.5) is 16.2 Å². The Kier molecular flexibility index (Phi) is 9.11. The Morgan fingerprint density at radius 3 is 2.16 bits per heavy atom. The van der Waals surface area contributed by atoms with Crippen molar-refractivity contribution in [3.8, 4) is 0 Å². The summed E-state index contributed by atoms with van der Waals surface area (Å²) in [6, 6.07) is 23.9. The van der Waals surface area contributed by atoms with Gasteiger partial charge in [0.2, 0.25) is 0 Å². The summed E-state index contributed by atoms with van der Waals surface area (Å²) in [4.78, 5) is 38.1. The molecule has 8 heteroatoms. The average Bonchev–Trinajstić information content (AvgIpc) is 2.95. The molecule has 1 aliphatic rings. The number of amides is 3. The largest absolute Gasteiger partial charge is 0.479 e. The van der Waals surface area contributed by atoms with Gasteiger partial charge in [-0.3, -0.25) is 9.69 Å². The van der Waals surface area contributed by atoms with Crippen LogP contribution in [0.25, 0.3) is 0 Å². The Labute approximate surface area is 222 Å². The summed E-state index contributed by atoms with van der Waals surface area (Å²) in [7, 11) is 0. The van der Waals surface area contributed by atoms with Gasteiger partial charge in [0.25, 0.3) is 5.91 Å². The van der Waals surface area contributed by atoms with Crippen molar-refractivity contribution in [3.63, 3.8) is 0 Å². The number of aliphatic hydroxyl groups is 1. The third-order valence-electron chi connectivity index (χ3n) is 6.85. The van der Waals surface area contributed by atoms with Crippen molar-refractivity contribution in [3.05, 3.63) is 95.6 Å². The smallest absolute Gasteiger partial charge is 0.334 e. The first kappa shape index (κ1) is 26.9. The van der Waals surface area contributed by atoms with Gasteiger partial charge in [-0.05, 0) is 66.3 Å². The lowest BCUT2D eigenvalue weighted by Crippen LogP contribution is -2.36. The molecule has 4 N–H and O–H groups in total. The van der Waals surface area contributed by atoms with E-state index in [9.17, 15) is 19.5 Å². The van der Waals surface area contributed by atoms with Crippen LogP contribution in [0, 0.1) is 0 Å². The summed E-state index contributed by atoms with van der Waals surface area (Å²) in [5.41, 5.74) is 3.90. The molecule has 3 amide bonds. The van der Waals surface area contributed by atoms with Gasteiger partial charge in [-0.15, -0.1) is 0 Å². The molecule has 38 heavy (non-hydrogen) atoms. The van der Waals surface area contributed by atoms with Crippen LogP contribution in [-0.2, 0) is 11.3 Å². The van der Waals surface area contributed by atoms with Gasteiger partial charge in [0.15, 0.2) is 6.10 Å². The molecule has 0 spiro atoms. The Morgan fingerprint density at radius 2 is 1.53 bits per heavy atom. The number of hydrogen-bond donors (Lipinski definition) is 4. The number of carboxylic acid groups (broad SMARTS) is 1. The molecule has 1 saturated carbocycles. The second kappa shape index (κ2) is 12.9. The Balaban J connectivity index is 1.49. The molecule has 0 saturated heterocycles. The highest BCUT2D eigenvalue weighted by Crippen LogP contribution is 2.33. The maximum absolute atomic E-state index is 13.4. The van der Waals surface area contributed by atoms with Gasteiger partial charge >= 0.3 is 12.0 Å². The van der Waals surface area contributed by atoms with Gasteiger partial charge in [0.05, 0.1) is 13.1 Å². The van der Waals surface area contributed by atoms with Crippen LogP contribution in [0.2, 0.25) is 0 Å². The number of nitrogens with zero attached hydrogens (tertiary/aromatic N) is 1. The molecule has 4 rings (SSSR count). The highest BCUT2D eigenvalue weighted by molar-refractivity contribution is 6.01. The van der Waals surface area contributed by atoms with E-state index in [1.807, 2.05) is 42.5 Å². The normalized spacial score (nSPS) is 14.3. The third-order valence-corrected chi connectivity index (χ3v) is 6.85. The molecule has 1 unspecified atom stereocenters. The van der Waals surface area contributed by atoms with E-state index in [0.29, 0.717) is 17.2 Å². The lowest BCUT2D eigenvalue weighted by Gasteiger charge is -2.25. The van der Waals surface area contributed by atoms with E-state index >= 15 is 0 Å². The Morgan fingerprint density at radius 1 is 0.868 bits per heavy atom. The number of carbonyl (C=O) groups is 3. The molecule has 198 valence electrons. The van der Waals surface area contributed by atoms with Gasteiger partial charge in [0.1, 0.15) is 0 Å². The number of rotatable bonds is 9. The predicted molar refractivity (Wildman–Crippen MR) is 146 cm³/mol. The third kappa shape index (κ3) is 7.20. The van der Waals surface area contributed by atoms with Crippen LogP contribution in [0.5, 0.6) is 0 Å². The van der Waals surface area contributed by atoms with E-state index in [-0.39, 0.29) is 19.1 Å². The summed E-state index contributed by atoms with van der Waals surface area (Å²) in [5.74, 6) is -1.32. The fraction of sp³-hybridized carbons (Fsp3) is 0.300. The summed E-state index contributed by atoms with van der Waals surface area (Å²) >= 11 is 0. The van der Waals surface area contributed by atoms with Crippen molar-refractivity contribution in [2.45, 2.75) is 50.7 Å². The van der Waals surface area contributed by atoms with E-state index in [4.69, 9.17) is 5.11 Å². The van der Waals surface area contributed by atoms with Crippen molar-refractivity contribution in [2.75, 3.05) is 16.8 Å². The summed E-state index contributed by atoms with van der Waals surface area (Å²) in [6.45, 7) is -0.110. The minimum atomic E-state index is -1.67. The van der Waals surface area contributed by atoms with E-state index < -0.39 is 18.0 Å². The molecule has 0 radical (unpaired) electrons. The van der Waals surface area contributed by atoms with Crippen molar-refractivity contribution in [2.24, 2.45) is 0 Å². The van der Waals surface area contributed by atoms with Crippen molar-refractivity contribution in [1.82, 2.24) is 5.32 Å². The molecule has 3 aromatic rings. The fourth-order valence-electron chi connectivity index (χ4n) is 4.68. The van der Waals surface area contributed by atoms with E-state index in [0.717, 1.165) is 11.3 Å². The van der Waals surface area contributed by atoms with E-state index in [1.54, 1.807) is 29.2 Å². The van der Waals surface area contributed by atoms with Gasteiger partial charge < -0.3 is 20.8 Å². The number of para-hydroxylation sites is 1. The van der Waals surface area contributed by atoms with Crippen molar-refractivity contribution >= 4 is 29.3 Å². The van der Waals surface area contributed by atoms with Crippen LogP contribution in [0.3, 0.4) is 0 Å². The lowest BCUT2D eigenvalue weighted by atomic mass is 9.84. The van der Waals surface area contributed by atoms with Gasteiger partial charge in [-0.2, -0.15) is 0 Å². The molecule has 0 aromatic heterocycles. The highest BCUT2D eigenvalue weighted by atomic mass is 16.4. The second-order valence-corrected chi connectivity index (χ2v) is 9.57. The first-order valence-corrected chi connectivity index (χ1v) is 12.9. The predicted octanol–water partition coefficient (Wildman–Crippen LogP) is 5.15. The minimum Gasteiger partial charge on any atom is -0.479 e. The molecule has 3 aromatic carbocycles. The lowest BCUT2D eigenvalue weighted by molar-refractivity contribution is -0.146. The maximum atomic E-state index is 13.4. The van der Waals surface area contributed by atoms with Gasteiger partial charge in [-0.1, -0.05) is 61.7 Å². The van der Waals surface area contributed by atoms with Crippen molar-refractivity contribution < 1.29 is 24.6 Å². The first-order valence-electron chi connectivity index (χ1n) is 12.9. The molecule has 8 nitrogen and oxygen atoms in total. The SMILES string of the molecule is O=C(NCC(O)C(=O)O)c1ccc(CN(C(=O)Nc2ccccc2)c2ccc(C3CCCCC3)cc2)cc1. The maximum Gasteiger partial charge on any atom is 0.334 e. The van der Waals surface area contributed by atoms with Gasteiger partial charge in [-0.25, -0.2) is 9.59 Å². The number of nitrogens with one attached hydrogen (secondary N) is 2. The summed E-state index contributed by atoms with van der Waals surface area (Å²) in [6.07, 6.45) is 4.55. The van der Waals surface area contributed by atoms with Crippen LogP contribution in [0.1, 0.15) is 59.5 Å².